The number of rotatable bonds is 3. The van der Waals surface area contributed by atoms with Gasteiger partial charge in [-0.1, -0.05) is 30.3 Å². The molecular weight excluding hydrogens is 290 g/mol. The average Bonchev–Trinajstić information content (AvgIpc) is 3.18. The molecule has 5 nitrogen and oxygen atoms in total. The third-order valence-electron chi connectivity index (χ3n) is 4.60. The summed E-state index contributed by atoms with van der Waals surface area (Å²) in [6.45, 7) is 4.12. The van der Waals surface area contributed by atoms with Crippen LogP contribution in [0.5, 0.6) is 0 Å². The largest absolute Gasteiger partial charge is 0.381 e. The highest BCUT2D eigenvalue weighted by atomic mass is 16.5. The van der Waals surface area contributed by atoms with Crippen LogP contribution in [0.4, 0.5) is 5.82 Å². The van der Waals surface area contributed by atoms with Gasteiger partial charge in [0.1, 0.15) is 5.82 Å². The molecule has 0 N–H and O–H groups in total. The molecule has 0 bridgehead atoms. The van der Waals surface area contributed by atoms with E-state index in [0.717, 1.165) is 56.4 Å². The van der Waals surface area contributed by atoms with Crippen LogP contribution < -0.4 is 4.90 Å². The van der Waals surface area contributed by atoms with E-state index >= 15 is 0 Å². The fraction of sp³-hybridized carbons (Fsp3) is 0.444. The van der Waals surface area contributed by atoms with E-state index in [1.165, 1.54) is 0 Å². The van der Waals surface area contributed by atoms with Crippen molar-refractivity contribution in [1.29, 1.82) is 0 Å². The summed E-state index contributed by atoms with van der Waals surface area (Å²) in [6.07, 6.45) is 4.99. The standard InChI is InChI=1S/C18H21N3O2/c1-2-4-14(5-3-1)16-10-19-11-18(20-16)21-7-9-23-17(12-21)15-6-8-22-13-15/h1-5,10-11,15,17H,6-9,12-13H2. The Morgan fingerprint density at radius 1 is 1.09 bits per heavy atom. The van der Waals surface area contributed by atoms with Crippen molar-refractivity contribution in [3.63, 3.8) is 0 Å². The molecule has 2 fully saturated rings. The van der Waals surface area contributed by atoms with Crippen LogP contribution in [0.2, 0.25) is 0 Å². The van der Waals surface area contributed by atoms with E-state index in [1.807, 2.05) is 30.6 Å². The number of aromatic nitrogens is 2. The zero-order valence-electron chi connectivity index (χ0n) is 13.1. The van der Waals surface area contributed by atoms with Gasteiger partial charge in [-0.05, 0) is 6.42 Å². The molecule has 2 unspecified atom stereocenters. The lowest BCUT2D eigenvalue weighted by molar-refractivity contribution is -0.00147. The zero-order chi connectivity index (χ0) is 15.5. The quantitative estimate of drug-likeness (QED) is 0.871. The molecule has 0 radical (unpaired) electrons. The number of hydrogen-bond donors (Lipinski definition) is 0. The smallest absolute Gasteiger partial charge is 0.147 e. The van der Waals surface area contributed by atoms with Crippen LogP contribution in [0.1, 0.15) is 6.42 Å². The number of anilines is 1. The minimum atomic E-state index is 0.230. The van der Waals surface area contributed by atoms with Crippen molar-refractivity contribution in [3.05, 3.63) is 42.7 Å². The van der Waals surface area contributed by atoms with E-state index < -0.39 is 0 Å². The Kier molecular flexibility index (Phi) is 4.22. The van der Waals surface area contributed by atoms with Crippen molar-refractivity contribution in [1.82, 2.24) is 9.97 Å². The van der Waals surface area contributed by atoms with Gasteiger partial charge in [-0.2, -0.15) is 0 Å². The molecule has 4 rings (SSSR count). The summed E-state index contributed by atoms with van der Waals surface area (Å²) < 4.78 is 11.5. The summed E-state index contributed by atoms with van der Waals surface area (Å²) in [5.41, 5.74) is 2.01. The van der Waals surface area contributed by atoms with Gasteiger partial charge in [-0.3, -0.25) is 4.98 Å². The van der Waals surface area contributed by atoms with Crippen LogP contribution in [-0.2, 0) is 9.47 Å². The second kappa shape index (κ2) is 6.64. The molecule has 0 amide bonds. The monoisotopic (exact) mass is 311 g/mol. The van der Waals surface area contributed by atoms with E-state index in [9.17, 15) is 0 Å². The first-order valence-electron chi connectivity index (χ1n) is 8.22. The van der Waals surface area contributed by atoms with Crippen LogP contribution >= 0.6 is 0 Å². The molecule has 3 heterocycles. The highest BCUT2D eigenvalue weighted by Gasteiger charge is 2.31. The van der Waals surface area contributed by atoms with Gasteiger partial charge in [0.25, 0.3) is 0 Å². The lowest BCUT2D eigenvalue weighted by Crippen LogP contribution is -2.46. The molecule has 0 aliphatic carbocycles. The minimum Gasteiger partial charge on any atom is -0.381 e. The first kappa shape index (κ1) is 14.6. The number of nitrogens with zero attached hydrogens (tertiary/aromatic N) is 3. The Hall–Kier alpha value is -1.98. The minimum absolute atomic E-state index is 0.230. The fourth-order valence-corrected chi connectivity index (χ4v) is 3.27. The molecular formula is C18H21N3O2. The van der Waals surface area contributed by atoms with E-state index in [2.05, 4.69) is 22.0 Å². The van der Waals surface area contributed by atoms with E-state index in [1.54, 1.807) is 0 Å². The molecule has 2 saturated heterocycles. The van der Waals surface area contributed by atoms with Crippen molar-refractivity contribution in [2.24, 2.45) is 5.92 Å². The molecule has 5 heteroatoms. The van der Waals surface area contributed by atoms with Gasteiger partial charge in [0, 0.05) is 31.2 Å². The Morgan fingerprint density at radius 3 is 2.83 bits per heavy atom. The molecule has 1 aromatic carbocycles. The van der Waals surface area contributed by atoms with E-state index in [4.69, 9.17) is 14.5 Å². The van der Waals surface area contributed by atoms with E-state index in [-0.39, 0.29) is 6.10 Å². The lowest BCUT2D eigenvalue weighted by atomic mass is 10.0. The Labute approximate surface area is 136 Å². The maximum absolute atomic E-state index is 5.96. The Balaban J connectivity index is 1.53. The maximum Gasteiger partial charge on any atom is 0.147 e. The third kappa shape index (κ3) is 3.21. The van der Waals surface area contributed by atoms with Crippen LogP contribution in [0, 0.1) is 5.92 Å². The number of morpholine rings is 1. The van der Waals surface area contributed by atoms with Gasteiger partial charge < -0.3 is 14.4 Å². The van der Waals surface area contributed by atoms with Crippen molar-refractivity contribution < 1.29 is 9.47 Å². The van der Waals surface area contributed by atoms with Gasteiger partial charge in [0.15, 0.2) is 0 Å². The molecule has 0 saturated carbocycles. The Bertz CT molecular complexity index is 644. The first-order valence-corrected chi connectivity index (χ1v) is 8.22. The summed E-state index contributed by atoms with van der Waals surface area (Å²) in [5.74, 6) is 1.43. The predicted molar refractivity (Wildman–Crippen MR) is 88.3 cm³/mol. The van der Waals surface area contributed by atoms with E-state index in [0.29, 0.717) is 5.92 Å². The van der Waals surface area contributed by atoms with Gasteiger partial charge in [0.05, 0.1) is 37.4 Å². The molecule has 120 valence electrons. The first-order chi connectivity index (χ1) is 11.4. The van der Waals surface area contributed by atoms with Crippen molar-refractivity contribution in [2.45, 2.75) is 12.5 Å². The second-order valence-corrected chi connectivity index (χ2v) is 6.11. The zero-order valence-corrected chi connectivity index (χ0v) is 13.1. The third-order valence-corrected chi connectivity index (χ3v) is 4.60. The second-order valence-electron chi connectivity index (χ2n) is 6.11. The van der Waals surface area contributed by atoms with Crippen molar-refractivity contribution in [2.75, 3.05) is 37.8 Å². The van der Waals surface area contributed by atoms with Gasteiger partial charge in [0.2, 0.25) is 0 Å². The van der Waals surface area contributed by atoms with Crippen LogP contribution in [0.15, 0.2) is 42.7 Å². The molecule has 23 heavy (non-hydrogen) atoms. The topological polar surface area (TPSA) is 47.5 Å². The molecule has 2 atom stereocenters. The summed E-state index contributed by atoms with van der Waals surface area (Å²) in [5, 5.41) is 0. The van der Waals surface area contributed by atoms with Crippen molar-refractivity contribution in [3.8, 4) is 11.3 Å². The normalized spacial score (nSPS) is 24.8. The van der Waals surface area contributed by atoms with Gasteiger partial charge in [-0.25, -0.2) is 4.98 Å². The molecule has 2 aliphatic rings. The summed E-state index contributed by atoms with van der Waals surface area (Å²) in [7, 11) is 0. The highest BCUT2D eigenvalue weighted by Crippen LogP contribution is 2.25. The molecule has 1 aromatic heterocycles. The summed E-state index contributed by atoms with van der Waals surface area (Å²) >= 11 is 0. The van der Waals surface area contributed by atoms with Crippen LogP contribution in [-0.4, -0.2) is 49.0 Å². The van der Waals surface area contributed by atoms with Gasteiger partial charge in [-0.15, -0.1) is 0 Å². The van der Waals surface area contributed by atoms with Crippen molar-refractivity contribution >= 4 is 5.82 Å². The molecule has 2 aliphatic heterocycles. The molecule has 2 aromatic rings. The van der Waals surface area contributed by atoms with Gasteiger partial charge >= 0.3 is 0 Å². The number of benzene rings is 1. The van der Waals surface area contributed by atoms with Crippen LogP contribution in [0.3, 0.4) is 0 Å². The number of ether oxygens (including phenoxy) is 2. The summed E-state index contributed by atoms with van der Waals surface area (Å²) in [6, 6.07) is 10.2. The average molecular weight is 311 g/mol. The fourth-order valence-electron chi connectivity index (χ4n) is 3.27. The number of hydrogen-bond acceptors (Lipinski definition) is 5. The highest BCUT2D eigenvalue weighted by molar-refractivity contribution is 5.59. The van der Waals surface area contributed by atoms with Crippen LogP contribution in [0.25, 0.3) is 11.3 Å². The SMILES string of the molecule is c1ccc(-c2cncc(N3CCOC(C4CCOC4)C3)n2)cc1. The predicted octanol–water partition coefficient (Wildman–Crippen LogP) is 2.39. The lowest BCUT2D eigenvalue weighted by Gasteiger charge is -2.36. The Morgan fingerprint density at radius 2 is 2.00 bits per heavy atom. The maximum atomic E-state index is 5.96. The summed E-state index contributed by atoms with van der Waals surface area (Å²) in [4.78, 5) is 11.5. The molecule has 0 spiro atoms.